The van der Waals surface area contributed by atoms with E-state index in [2.05, 4.69) is 5.32 Å². The van der Waals surface area contributed by atoms with Gasteiger partial charge in [-0.3, -0.25) is 0 Å². The first kappa shape index (κ1) is 45.1. The van der Waals surface area contributed by atoms with Crippen molar-refractivity contribution < 1.29 is 108 Å². The van der Waals surface area contributed by atoms with E-state index in [1.807, 2.05) is 0 Å². The molecular formula is C39H41N2O21+. The lowest BCUT2D eigenvalue weighted by Crippen LogP contribution is -2.66. The van der Waals surface area contributed by atoms with Crippen LogP contribution in [-0.4, -0.2) is 177 Å². The molecule has 0 amide bonds. The quantitative estimate of drug-likeness (QED) is 0.0563. The molecule has 23 nitrogen and oxygen atoms in total. The summed E-state index contributed by atoms with van der Waals surface area (Å²) in [4.78, 5) is 60.6. The molecule has 0 saturated carbocycles. The predicted molar refractivity (Wildman–Crippen MR) is 201 cm³/mol. The minimum Gasteiger partial charge on any atom is -0.508 e. The van der Waals surface area contributed by atoms with Gasteiger partial charge in [0.1, 0.15) is 48.0 Å². The van der Waals surface area contributed by atoms with Crippen LogP contribution in [0.15, 0.2) is 65.9 Å². The molecule has 12 atom stereocenters. The second kappa shape index (κ2) is 18.7. The summed E-state index contributed by atoms with van der Waals surface area (Å²) in [6.07, 6.45) is -14.7. The van der Waals surface area contributed by atoms with E-state index >= 15 is 0 Å². The number of nitrogens with one attached hydrogen (secondary N) is 1. The largest absolute Gasteiger partial charge is 0.508 e. The number of carboxylic acid groups (broad SMARTS) is 4. The predicted octanol–water partition coefficient (Wildman–Crippen LogP) is -2.48. The van der Waals surface area contributed by atoms with E-state index in [-0.39, 0.29) is 35.4 Å². The van der Waals surface area contributed by atoms with Crippen LogP contribution in [0.3, 0.4) is 0 Å². The van der Waals surface area contributed by atoms with Gasteiger partial charge in [-0.1, -0.05) is 12.1 Å². The van der Waals surface area contributed by atoms with Gasteiger partial charge in [0.2, 0.25) is 12.0 Å². The molecule has 0 spiro atoms. The maximum atomic E-state index is 12.9. The SMILES string of the molecule is O=C(/C=C\c1ccc(O)cc1)O[C@H]1C(O[C@H]2C(Oc3cc4c(cc3O)[N+](=C/C=C3/C=C(C(=O)O)N[C@H](C(=O)O)C3)[C@H](C(=O)O)C4)O[C@H](CO)[C@@H](O)[C@@H]2O)O[C@H](C(=O)O)[C@@H](O)[C@@H]1O. The number of carboxylic acids is 4. The normalized spacial score (nSPS) is 32.1. The zero-order valence-electron chi connectivity index (χ0n) is 31.8. The summed E-state index contributed by atoms with van der Waals surface area (Å²) in [5, 5.41) is 115. The molecule has 12 N–H and O–H groups in total. The highest BCUT2D eigenvalue weighted by Crippen LogP contribution is 2.41. The first-order chi connectivity index (χ1) is 29.4. The highest BCUT2D eigenvalue weighted by Gasteiger charge is 2.54. The Morgan fingerprint density at radius 1 is 0.823 bits per heavy atom. The molecule has 0 aromatic heterocycles. The molecule has 4 aliphatic heterocycles. The number of phenolic OH excluding ortho intramolecular Hbond substituents is 2. The minimum atomic E-state index is -2.20. The third kappa shape index (κ3) is 9.69. The summed E-state index contributed by atoms with van der Waals surface area (Å²) in [6, 6.07) is 5.25. The molecule has 62 heavy (non-hydrogen) atoms. The topological polar surface area (TPSA) is 369 Å². The van der Waals surface area contributed by atoms with Crippen molar-refractivity contribution in [3.63, 3.8) is 0 Å². The Balaban J connectivity index is 1.30. The van der Waals surface area contributed by atoms with E-state index in [4.69, 9.17) is 23.7 Å². The number of aliphatic hydroxyl groups is 5. The number of carbonyl (C=O) groups is 5. The number of aliphatic hydroxyl groups excluding tert-OH is 5. The van der Waals surface area contributed by atoms with Crippen LogP contribution in [-0.2, 0) is 49.3 Å². The Bertz CT molecular complexity index is 2200. The second-order valence-electron chi connectivity index (χ2n) is 14.4. The number of benzene rings is 2. The number of hydrogen-bond donors (Lipinski definition) is 12. The molecule has 23 heteroatoms. The average molecular weight is 874 g/mol. The van der Waals surface area contributed by atoms with Crippen molar-refractivity contribution in [3.8, 4) is 17.2 Å². The lowest BCUT2D eigenvalue weighted by atomic mass is 9.97. The minimum absolute atomic E-state index is 0.0567. The van der Waals surface area contributed by atoms with Gasteiger partial charge in [0.15, 0.2) is 42.3 Å². The number of allylic oxidation sites excluding steroid dienone is 2. The Hall–Kier alpha value is -6.44. The molecule has 332 valence electrons. The maximum Gasteiger partial charge on any atom is 0.373 e. The smallest absolute Gasteiger partial charge is 0.373 e. The zero-order valence-corrected chi connectivity index (χ0v) is 31.8. The third-order valence-electron chi connectivity index (χ3n) is 10.3. The fourth-order valence-electron chi connectivity index (χ4n) is 7.06. The van der Waals surface area contributed by atoms with Crippen molar-refractivity contribution in [2.45, 2.75) is 86.3 Å². The van der Waals surface area contributed by atoms with E-state index in [0.717, 1.165) is 12.1 Å². The number of carbonyl (C=O) groups excluding carboxylic acids is 1. The maximum absolute atomic E-state index is 12.9. The van der Waals surface area contributed by atoms with Gasteiger partial charge in [0.05, 0.1) is 19.1 Å². The number of hydrogen-bond acceptors (Lipinski definition) is 18. The van der Waals surface area contributed by atoms with Crippen LogP contribution in [0.25, 0.3) is 6.08 Å². The van der Waals surface area contributed by atoms with Gasteiger partial charge >= 0.3 is 29.8 Å². The molecule has 4 aliphatic rings. The van der Waals surface area contributed by atoms with E-state index < -0.39 is 127 Å². The van der Waals surface area contributed by atoms with Crippen LogP contribution >= 0.6 is 0 Å². The van der Waals surface area contributed by atoms with Gasteiger partial charge in [-0.25, -0.2) is 24.0 Å². The van der Waals surface area contributed by atoms with Crippen LogP contribution in [0.4, 0.5) is 5.69 Å². The molecule has 2 saturated heterocycles. The number of ether oxygens (including phenoxy) is 5. The van der Waals surface area contributed by atoms with E-state index in [1.165, 1.54) is 59.4 Å². The number of phenols is 2. The molecular weight excluding hydrogens is 832 g/mol. The van der Waals surface area contributed by atoms with Crippen molar-refractivity contribution in [1.29, 1.82) is 0 Å². The van der Waals surface area contributed by atoms with Crippen molar-refractivity contribution in [2.75, 3.05) is 6.61 Å². The fraction of sp³-hybridized carbons (Fsp3) is 0.385. The first-order valence-electron chi connectivity index (χ1n) is 18.6. The van der Waals surface area contributed by atoms with Crippen molar-refractivity contribution in [2.24, 2.45) is 0 Å². The Morgan fingerprint density at radius 2 is 1.52 bits per heavy atom. The number of nitrogens with zero attached hydrogens (tertiary/aromatic N) is 1. The Kier molecular flexibility index (Phi) is 13.6. The summed E-state index contributed by atoms with van der Waals surface area (Å²) in [5.74, 6) is -8.21. The van der Waals surface area contributed by atoms with Crippen LogP contribution in [0.5, 0.6) is 17.2 Å². The number of rotatable bonds is 13. The van der Waals surface area contributed by atoms with E-state index in [9.17, 15) is 80.1 Å². The monoisotopic (exact) mass is 873 g/mol. The van der Waals surface area contributed by atoms with Crippen LogP contribution in [0.2, 0.25) is 0 Å². The van der Waals surface area contributed by atoms with Gasteiger partial charge in [-0.15, -0.1) is 0 Å². The van der Waals surface area contributed by atoms with Gasteiger partial charge in [-0.2, -0.15) is 4.58 Å². The summed E-state index contributed by atoms with van der Waals surface area (Å²) >= 11 is 0. The molecule has 2 aromatic carbocycles. The first-order valence-corrected chi connectivity index (χ1v) is 18.6. The molecule has 2 fully saturated rings. The molecule has 2 aromatic rings. The molecule has 4 heterocycles. The molecule has 6 rings (SSSR count). The van der Waals surface area contributed by atoms with Crippen LogP contribution in [0, 0.1) is 0 Å². The van der Waals surface area contributed by atoms with Crippen LogP contribution in [0.1, 0.15) is 17.5 Å². The number of fused-ring (bicyclic) bond motifs is 1. The molecule has 0 bridgehead atoms. The van der Waals surface area contributed by atoms with Crippen molar-refractivity contribution >= 4 is 47.8 Å². The highest BCUT2D eigenvalue weighted by molar-refractivity contribution is 5.90. The van der Waals surface area contributed by atoms with Gasteiger partial charge in [-0.05, 0) is 41.5 Å². The number of esters is 1. The standard InChI is InChI=1S/C39H40N2O21/c42-14-25-27(46)28(47)33(62-39-32(30(49)29(48)31(61-39)37(56)57)60-26(45)6-3-15-1-4-18(43)5-2-15)38(59-25)58-24-12-17-11-22(36(54)55)41(21(17)13-23(24)44)8-7-16-9-19(34(50)51)40-20(10-16)35(52)53/h1-9,12-13,20,22,25,27-33,38-39,42,46-49H,10-11,14H2,(H6,43,44,45,50,51,52,53,54,55,56,57)/p+1/t20-,22-,25+,27+,28-,29-,30-,31-,32+,33+,38?,39?/m0/s1. The zero-order chi connectivity index (χ0) is 45.2. The second-order valence-corrected chi connectivity index (χ2v) is 14.4. The summed E-state index contributed by atoms with van der Waals surface area (Å²) in [5.41, 5.74) is 0.599. The molecule has 0 aliphatic carbocycles. The van der Waals surface area contributed by atoms with Crippen LogP contribution < -0.4 is 10.1 Å². The Labute approximate surface area is 348 Å². The van der Waals surface area contributed by atoms with Gasteiger partial charge in [0, 0.05) is 24.1 Å². The number of aromatic hydroxyl groups is 2. The summed E-state index contributed by atoms with van der Waals surface area (Å²) < 4.78 is 29.3. The lowest BCUT2D eigenvalue weighted by molar-refractivity contribution is -0.456. The van der Waals surface area contributed by atoms with Crippen molar-refractivity contribution in [3.05, 3.63) is 77.0 Å². The van der Waals surface area contributed by atoms with Gasteiger partial charge in [0.25, 0.3) is 6.04 Å². The highest BCUT2D eigenvalue weighted by atomic mass is 16.8. The number of aliphatic carboxylic acids is 4. The van der Waals surface area contributed by atoms with E-state index in [0.29, 0.717) is 5.56 Å². The van der Waals surface area contributed by atoms with E-state index in [1.54, 1.807) is 0 Å². The average Bonchev–Trinajstić information content (AvgIpc) is 3.58. The Morgan fingerprint density at radius 3 is 2.15 bits per heavy atom. The third-order valence-corrected chi connectivity index (χ3v) is 10.3. The molecule has 2 unspecified atom stereocenters. The molecule has 0 radical (unpaired) electrons. The lowest BCUT2D eigenvalue weighted by Gasteiger charge is -2.46. The summed E-state index contributed by atoms with van der Waals surface area (Å²) in [7, 11) is 0. The van der Waals surface area contributed by atoms with Gasteiger partial charge < -0.3 is 85.2 Å². The van der Waals surface area contributed by atoms with Crippen molar-refractivity contribution in [1.82, 2.24) is 5.32 Å². The fourth-order valence-corrected chi connectivity index (χ4v) is 7.06. The summed E-state index contributed by atoms with van der Waals surface area (Å²) in [6.45, 7) is -0.909.